The highest BCUT2D eigenvalue weighted by Gasteiger charge is 2.15. The Morgan fingerprint density at radius 3 is 2.64 bits per heavy atom. The third-order valence-electron chi connectivity index (χ3n) is 4.00. The van der Waals surface area contributed by atoms with E-state index in [0.717, 1.165) is 23.8 Å². The number of hydrogen-bond acceptors (Lipinski definition) is 2. The molecule has 0 aliphatic carbocycles. The third-order valence-corrected chi connectivity index (χ3v) is 4.00. The van der Waals surface area contributed by atoms with E-state index in [0.29, 0.717) is 22.0 Å². The molecule has 0 saturated carbocycles. The molecule has 0 bridgehead atoms. The Hall–Kier alpha value is -3.20. The van der Waals surface area contributed by atoms with Crippen LogP contribution in [-0.4, -0.2) is 4.57 Å². The number of aryl methyl sites for hydroxylation is 1. The Bertz CT molecular complexity index is 1040. The van der Waals surface area contributed by atoms with Crippen molar-refractivity contribution in [3.63, 3.8) is 0 Å². The van der Waals surface area contributed by atoms with Crippen molar-refractivity contribution in [1.82, 2.24) is 4.57 Å². The molecular weight excluding hydrogens is 327 g/mol. The van der Waals surface area contributed by atoms with Crippen LogP contribution in [0.4, 0.5) is 13.2 Å². The van der Waals surface area contributed by atoms with Crippen molar-refractivity contribution in [2.45, 2.75) is 13.5 Å². The van der Waals surface area contributed by atoms with E-state index in [1.54, 1.807) is 10.8 Å². The molecule has 0 radical (unpaired) electrons. The zero-order valence-corrected chi connectivity index (χ0v) is 13.4. The molecule has 0 amide bonds. The topological polar surface area (TPSA) is 54.7 Å². The molecule has 0 saturated heterocycles. The van der Waals surface area contributed by atoms with Gasteiger partial charge in [0, 0.05) is 29.8 Å². The minimum Gasteiger partial charge on any atom is -0.398 e. The maximum Gasteiger partial charge on any atom is 0.159 e. The van der Waals surface area contributed by atoms with Gasteiger partial charge in [0.1, 0.15) is 5.82 Å². The molecule has 0 aliphatic rings. The normalized spacial score (nSPS) is 11.7. The van der Waals surface area contributed by atoms with Gasteiger partial charge in [-0.1, -0.05) is 6.07 Å². The van der Waals surface area contributed by atoms with E-state index < -0.39 is 17.5 Å². The molecule has 25 heavy (non-hydrogen) atoms. The highest BCUT2D eigenvalue weighted by Crippen LogP contribution is 2.29. The highest BCUT2D eigenvalue weighted by atomic mass is 19.2. The van der Waals surface area contributed by atoms with Crippen LogP contribution in [0.2, 0.25) is 0 Å². The van der Waals surface area contributed by atoms with Crippen molar-refractivity contribution in [3.8, 4) is 6.07 Å². The lowest BCUT2D eigenvalue weighted by atomic mass is 10.1. The molecule has 6 heteroatoms. The average molecular weight is 341 g/mol. The fraction of sp³-hybridized carbons (Fsp3) is 0.105. The van der Waals surface area contributed by atoms with E-state index in [2.05, 4.69) is 0 Å². The van der Waals surface area contributed by atoms with E-state index >= 15 is 0 Å². The van der Waals surface area contributed by atoms with Crippen LogP contribution < -0.4 is 5.73 Å². The van der Waals surface area contributed by atoms with Crippen molar-refractivity contribution >= 4 is 16.6 Å². The summed E-state index contributed by atoms with van der Waals surface area (Å²) in [7, 11) is 0. The molecule has 126 valence electrons. The zero-order chi connectivity index (χ0) is 18.1. The summed E-state index contributed by atoms with van der Waals surface area (Å²) in [5.41, 5.74) is 8.41. The first-order chi connectivity index (χ1) is 11.9. The number of halogens is 3. The van der Waals surface area contributed by atoms with E-state index in [1.807, 2.05) is 13.0 Å². The van der Waals surface area contributed by atoms with Gasteiger partial charge in [0.25, 0.3) is 0 Å². The Morgan fingerprint density at radius 2 is 1.96 bits per heavy atom. The maximum absolute atomic E-state index is 13.9. The van der Waals surface area contributed by atoms with Gasteiger partial charge in [-0.3, -0.25) is 0 Å². The Balaban J connectivity index is 2.20. The standard InChI is InChI=1S/C19H14F3N3/c1-11-9-25(10-12-2-3-16(21)17(22)6-12)19-14(11)7-13(20)8-15(19)18(24)4-5-23/h2-4,6-9H,10,24H2,1H3. The van der Waals surface area contributed by atoms with Crippen LogP contribution in [0.1, 0.15) is 16.7 Å². The molecule has 3 nitrogen and oxygen atoms in total. The molecule has 0 aliphatic heterocycles. The SMILES string of the molecule is Cc1cn(Cc2ccc(F)c(F)c2)c2c(C(N)=CC#N)cc(F)cc12. The van der Waals surface area contributed by atoms with Crippen LogP contribution in [0, 0.1) is 35.7 Å². The lowest BCUT2D eigenvalue weighted by Gasteiger charge is -2.11. The number of fused-ring (bicyclic) bond motifs is 1. The van der Waals surface area contributed by atoms with E-state index in [9.17, 15) is 13.2 Å². The summed E-state index contributed by atoms with van der Waals surface area (Å²) in [4.78, 5) is 0. The van der Waals surface area contributed by atoms with Gasteiger partial charge in [-0.2, -0.15) is 5.26 Å². The monoisotopic (exact) mass is 341 g/mol. The number of nitriles is 1. The fourth-order valence-electron chi connectivity index (χ4n) is 2.90. The number of nitrogens with two attached hydrogens (primary N) is 1. The van der Waals surface area contributed by atoms with Gasteiger partial charge < -0.3 is 10.3 Å². The molecule has 0 atom stereocenters. The lowest BCUT2D eigenvalue weighted by molar-refractivity contribution is 0.506. The first-order valence-corrected chi connectivity index (χ1v) is 7.49. The first kappa shape index (κ1) is 16.7. The van der Waals surface area contributed by atoms with Crippen LogP contribution in [0.5, 0.6) is 0 Å². The van der Waals surface area contributed by atoms with Crippen LogP contribution in [0.3, 0.4) is 0 Å². The number of hydrogen-bond donors (Lipinski definition) is 1. The second-order valence-corrected chi connectivity index (χ2v) is 5.77. The van der Waals surface area contributed by atoms with Crippen molar-refractivity contribution < 1.29 is 13.2 Å². The van der Waals surface area contributed by atoms with Crippen LogP contribution in [0.25, 0.3) is 16.6 Å². The summed E-state index contributed by atoms with van der Waals surface area (Å²) in [6.07, 6.45) is 2.92. The van der Waals surface area contributed by atoms with Gasteiger partial charge in [-0.05, 0) is 42.3 Å². The van der Waals surface area contributed by atoms with E-state index in [1.165, 1.54) is 18.2 Å². The number of rotatable bonds is 3. The Labute approximate surface area is 142 Å². The molecule has 2 aromatic carbocycles. The molecule has 0 unspecified atom stereocenters. The predicted octanol–water partition coefficient (Wildman–Crippen LogP) is 4.24. The number of allylic oxidation sites excluding steroid dienone is 1. The molecule has 1 aromatic heterocycles. The van der Waals surface area contributed by atoms with Crippen molar-refractivity contribution in [2.24, 2.45) is 5.73 Å². The van der Waals surface area contributed by atoms with Crippen LogP contribution in [-0.2, 0) is 6.54 Å². The van der Waals surface area contributed by atoms with Crippen molar-refractivity contribution in [2.75, 3.05) is 0 Å². The smallest absolute Gasteiger partial charge is 0.159 e. The molecule has 0 fully saturated rings. The van der Waals surface area contributed by atoms with Crippen molar-refractivity contribution in [3.05, 3.63) is 76.7 Å². The molecule has 3 rings (SSSR count). The van der Waals surface area contributed by atoms with Gasteiger partial charge in [0.15, 0.2) is 11.6 Å². The van der Waals surface area contributed by atoms with Gasteiger partial charge in [-0.15, -0.1) is 0 Å². The molecule has 2 N–H and O–H groups in total. The van der Waals surface area contributed by atoms with Crippen molar-refractivity contribution in [1.29, 1.82) is 5.26 Å². The average Bonchev–Trinajstić information content (AvgIpc) is 2.86. The Kier molecular flexibility index (Phi) is 4.24. The molecule has 3 aromatic rings. The quantitative estimate of drug-likeness (QED) is 0.725. The summed E-state index contributed by atoms with van der Waals surface area (Å²) >= 11 is 0. The summed E-state index contributed by atoms with van der Waals surface area (Å²) in [6, 6.07) is 8.14. The Morgan fingerprint density at radius 1 is 1.20 bits per heavy atom. The molecule has 0 spiro atoms. The predicted molar refractivity (Wildman–Crippen MR) is 89.9 cm³/mol. The summed E-state index contributed by atoms with van der Waals surface area (Å²) in [6.45, 7) is 2.07. The third kappa shape index (κ3) is 3.09. The van der Waals surface area contributed by atoms with Gasteiger partial charge >= 0.3 is 0 Å². The minimum atomic E-state index is -0.930. The number of aromatic nitrogens is 1. The molecular formula is C19H14F3N3. The van der Waals surface area contributed by atoms with Gasteiger partial charge in [0.05, 0.1) is 17.3 Å². The highest BCUT2D eigenvalue weighted by molar-refractivity contribution is 5.94. The van der Waals surface area contributed by atoms with Crippen LogP contribution >= 0.6 is 0 Å². The van der Waals surface area contributed by atoms with Crippen LogP contribution in [0.15, 0.2) is 42.6 Å². The van der Waals surface area contributed by atoms with Gasteiger partial charge in [0.2, 0.25) is 0 Å². The van der Waals surface area contributed by atoms with Gasteiger partial charge in [-0.25, -0.2) is 13.2 Å². The summed E-state index contributed by atoms with van der Waals surface area (Å²) in [5, 5.41) is 9.47. The van der Waals surface area contributed by atoms with E-state index in [4.69, 9.17) is 11.0 Å². The summed E-state index contributed by atoms with van der Waals surface area (Å²) < 4.78 is 42.3. The number of nitrogens with zero attached hydrogens (tertiary/aromatic N) is 2. The molecule has 1 heterocycles. The minimum absolute atomic E-state index is 0.136. The zero-order valence-electron chi connectivity index (χ0n) is 13.4. The first-order valence-electron chi connectivity index (χ1n) is 7.49. The lowest BCUT2D eigenvalue weighted by Crippen LogP contribution is -2.04. The maximum atomic E-state index is 13.9. The second kappa shape index (κ2) is 6.36. The second-order valence-electron chi connectivity index (χ2n) is 5.77. The van der Waals surface area contributed by atoms with E-state index in [-0.39, 0.29) is 12.2 Å². The number of benzene rings is 2. The fourth-order valence-corrected chi connectivity index (χ4v) is 2.90. The largest absolute Gasteiger partial charge is 0.398 e. The summed E-state index contributed by atoms with van der Waals surface area (Å²) in [5.74, 6) is -2.31.